The summed E-state index contributed by atoms with van der Waals surface area (Å²) in [6.07, 6.45) is 2.03. The van der Waals surface area contributed by atoms with Gasteiger partial charge in [-0.15, -0.1) is 0 Å². The third-order valence-corrected chi connectivity index (χ3v) is 3.79. The van der Waals surface area contributed by atoms with E-state index in [9.17, 15) is 0 Å². The van der Waals surface area contributed by atoms with Crippen molar-refractivity contribution in [2.24, 2.45) is 7.05 Å². The molecule has 0 radical (unpaired) electrons. The zero-order valence-electron chi connectivity index (χ0n) is 12.4. The van der Waals surface area contributed by atoms with Crippen molar-refractivity contribution in [1.29, 1.82) is 0 Å². The van der Waals surface area contributed by atoms with Crippen molar-refractivity contribution in [3.8, 4) is 0 Å². The fourth-order valence-corrected chi connectivity index (χ4v) is 2.83. The summed E-state index contributed by atoms with van der Waals surface area (Å²) in [4.78, 5) is 0. The number of halogens is 1. The number of rotatable bonds is 4. The van der Waals surface area contributed by atoms with Crippen LogP contribution >= 0.6 is 11.6 Å². The Labute approximate surface area is 128 Å². The molecule has 0 aliphatic carbocycles. The number of nitrogens with zero attached hydrogens (tertiary/aromatic N) is 2. The lowest BCUT2D eigenvalue weighted by atomic mass is 10.1. The maximum absolute atomic E-state index is 6.04. The number of hydrogen-bond donors (Lipinski definition) is 1. The van der Waals surface area contributed by atoms with E-state index in [4.69, 9.17) is 16.0 Å². The topological polar surface area (TPSA) is 43.0 Å². The van der Waals surface area contributed by atoms with Gasteiger partial charge in [0.15, 0.2) is 0 Å². The number of fused-ring (bicyclic) bond motifs is 1. The Kier molecular flexibility index (Phi) is 3.74. The van der Waals surface area contributed by atoms with Gasteiger partial charge in [-0.2, -0.15) is 5.10 Å². The average molecular weight is 304 g/mol. The summed E-state index contributed by atoms with van der Waals surface area (Å²) in [5, 5.41) is 9.62. The molecule has 1 atom stereocenters. The second kappa shape index (κ2) is 5.54. The first kappa shape index (κ1) is 14.2. The molecule has 1 aromatic carbocycles. The lowest BCUT2D eigenvalue weighted by molar-refractivity contribution is 0.476. The Morgan fingerprint density at radius 1 is 1.38 bits per heavy atom. The molecular weight excluding hydrogens is 286 g/mol. The number of aryl methyl sites for hydroxylation is 2. The largest absolute Gasteiger partial charge is 0.459 e. The first-order chi connectivity index (χ1) is 10.1. The fraction of sp³-hybridized carbons (Fsp3) is 0.312. The van der Waals surface area contributed by atoms with E-state index in [1.54, 1.807) is 0 Å². The van der Waals surface area contributed by atoms with Crippen molar-refractivity contribution in [3.05, 3.63) is 52.5 Å². The quantitative estimate of drug-likeness (QED) is 0.796. The molecule has 110 valence electrons. The molecule has 0 spiro atoms. The van der Waals surface area contributed by atoms with Gasteiger partial charge in [0.2, 0.25) is 0 Å². The Bertz CT molecular complexity index is 775. The smallest absolute Gasteiger partial charge is 0.134 e. The van der Waals surface area contributed by atoms with Gasteiger partial charge in [-0.05, 0) is 37.7 Å². The van der Waals surface area contributed by atoms with Crippen molar-refractivity contribution in [2.75, 3.05) is 6.54 Å². The highest BCUT2D eigenvalue weighted by Crippen LogP contribution is 2.30. The predicted octanol–water partition coefficient (Wildman–Crippen LogP) is 3.83. The summed E-state index contributed by atoms with van der Waals surface area (Å²) >= 11 is 6.04. The normalized spacial score (nSPS) is 13.0. The third kappa shape index (κ3) is 2.69. The van der Waals surface area contributed by atoms with Crippen LogP contribution in [0.5, 0.6) is 0 Å². The highest BCUT2D eigenvalue weighted by atomic mass is 35.5. The van der Waals surface area contributed by atoms with Crippen molar-refractivity contribution in [2.45, 2.75) is 19.9 Å². The van der Waals surface area contributed by atoms with Crippen molar-refractivity contribution >= 4 is 22.6 Å². The van der Waals surface area contributed by atoms with Gasteiger partial charge in [0.05, 0.1) is 11.7 Å². The first-order valence-corrected chi connectivity index (χ1v) is 7.38. The van der Waals surface area contributed by atoms with Crippen LogP contribution in [0.3, 0.4) is 0 Å². The van der Waals surface area contributed by atoms with E-state index < -0.39 is 0 Å². The highest BCUT2D eigenvalue weighted by molar-refractivity contribution is 6.31. The number of aromatic nitrogens is 2. The van der Waals surface area contributed by atoms with E-state index in [0.717, 1.165) is 34.5 Å². The number of benzene rings is 1. The average Bonchev–Trinajstić information content (AvgIpc) is 2.98. The molecule has 21 heavy (non-hydrogen) atoms. The van der Waals surface area contributed by atoms with Crippen molar-refractivity contribution in [3.63, 3.8) is 0 Å². The summed E-state index contributed by atoms with van der Waals surface area (Å²) in [7, 11) is 1.93. The van der Waals surface area contributed by atoms with Crippen LogP contribution in [0.1, 0.15) is 30.0 Å². The summed E-state index contributed by atoms with van der Waals surface area (Å²) < 4.78 is 7.83. The summed E-state index contributed by atoms with van der Waals surface area (Å²) in [6, 6.07) is 7.70. The lowest BCUT2D eigenvalue weighted by Gasteiger charge is -2.14. The van der Waals surface area contributed by atoms with Gasteiger partial charge >= 0.3 is 0 Å². The van der Waals surface area contributed by atoms with E-state index in [1.807, 2.05) is 49.1 Å². The zero-order valence-corrected chi connectivity index (χ0v) is 13.1. The van der Waals surface area contributed by atoms with Crippen LogP contribution in [0.4, 0.5) is 0 Å². The molecular formula is C16H18ClN3O. The molecule has 2 aromatic heterocycles. The predicted molar refractivity (Wildman–Crippen MR) is 84.7 cm³/mol. The molecule has 0 fully saturated rings. The minimum absolute atomic E-state index is 0.00474. The molecule has 0 aliphatic heterocycles. The minimum atomic E-state index is -0.00474. The van der Waals surface area contributed by atoms with Gasteiger partial charge < -0.3 is 9.73 Å². The molecule has 0 bridgehead atoms. The molecule has 0 amide bonds. The minimum Gasteiger partial charge on any atom is -0.459 e. The van der Waals surface area contributed by atoms with Crippen LogP contribution in [0.15, 0.2) is 34.9 Å². The molecule has 3 aromatic rings. The van der Waals surface area contributed by atoms with Crippen LogP contribution in [-0.4, -0.2) is 16.3 Å². The summed E-state index contributed by atoms with van der Waals surface area (Å²) in [5.74, 6) is 0.880. The van der Waals surface area contributed by atoms with Gasteiger partial charge in [0.25, 0.3) is 0 Å². The molecule has 5 heteroatoms. The third-order valence-electron chi connectivity index (χ3n) is 3.55. The van der Waals surface area contributed by atoms with E-state index in [0.29, 0.717) is 5.02 Å². The van der Waals surface area contributed by atoms with Gasteiger partial charge in [-0.25, -0.2) is 0 Å². The number of nitrogens with one attached hydrogen (secondary N) is 1. The monoisotopic (exact) mass is 303 g/mol. The van der Waals surface area contributed by atoms with Crippen LogP contribution in [0.25, 0.3) is 11.0 Å². The molecule has 4 nitrogen and oxygen atoms in total. The molecule has 1 unspecified atom stereocenters. The molecule has 0 aliphatic rings. The van der Waals surface area contributed by atoms with Crippen molar-refractivity contribution < 1.29 is 4.42 Å². The van der Waals surface area contributed by atoms with Crippen LogP contribution in [-0.2, 0) is 7.05 Å². The Morgan fingerprint density at radius 2 is 2.19 bits per heavy atom. The Morgan fingerprint density at radius 3 is 2.86 bits per heavy atom. The van der Waals surface area contributed by atoms with E-state index >= 15 is 0 Å². The highest BCUT2D eigenvalue weighted by Gasteiger charge is 2.21. The van der Waals surface area contributed by atoms with Crippen LogP contribution < -0.4 is 5.32 Å². The fourth-order valence-electron chi connectivity index (χ4n) is 2.65. The molecule has 0 saturated carbocycles. The lowest BCUT2D eigenvalue weighted by Crippen LogP contribution is -2.21. The van der Waals surface area contributed by atoms with E-state index in [1.165, 1.54) is 0 Å². The standard InChI is InChI=1S/C16H18ClN3O/c1-4-18-16(13-9-20(3)19-10(13)2)15-8-11-7-12(17)5-6-14(11)21-15/h5-9,16,18H,4H2,1-3H3. The van der Waals surface area contributed by atoms with Crippen LogP contribution in [0.2, 0.25) is 5.02 Å². The number of hydrogen-bond acceptors (Lipinski definition) is 3. The van der Waals surface area contributed by atoms with Gasteiger partial charge in [0.1, 0.15) is 11.3 Å². The molecule has 1 N–H and O–H groups in total. The van der Waals surface area contributed by atoms with Gasteiger partial charge in [-0.1, -0.05) is 18.5 Å². The molecule has 3 rings (SSSR count). The van der Waals surface area contributed by atoms with E-state index in [2.05, 4.69) is 17.3 Å². The molecule has 0 saturated heterocycles. The van der Waals surface area contributed by atoms with Gasteiger partial charge in [-0.3, -0.25) is 4.68 Å². The zero-order chi connectivity index (χ0) is 15.0. The summed E-state index contributed by atoms with van der Waals surface area (Å²) in [6.45, 7) is 4.94. The number of furan rings is 1. The Hall–Kier alpha value is -1.78. The first-order valence-electron chi connectivity index (χ1n) is 7.01. The SMILES string of the molecule is CCNC(c1cc2cc(Cl)ccc2o1)c1cn(C)nc1C. The maximum Gasteiger partial charge on any atom is 0.134 e. The maximum atomic E-state index is 6.04. The van der Waals surface area contributed by atoms with Crippen molar-refractivity contribution in [1.82, 2.24) is 15.1 Å². The Balaban J connectivity index is 2.08. The van der Waals surface area contributed by atoms with Crippen LogP contribution in [0, 0.1) is 6.92 Å². The summed E-state index contributed by atoms with van der Waals surface area (Å²) in [5.41, 5.74) is 2.98. The van der Waals surface area contributed by atoms with Gasteiger partial charge in [0, 0.05) is 29.2 Å². The second-order valence-corrected chi connectivity index (χ2v) is 5.60. The molecule has 2 heterocycles. The second-order valence-electron chi connectivity index (χ2n) is 5.17. The van der Waals surface area contributed by atoms with E-state index in [-0.39, 0.29) is 6.04 Å².